The van der Waals surface area contributed by atoms with Gasteiger partial charge in [-0.3, -0.25) is 0 Å². The number of carbonyl (C=O) groups is 1. The molecule has 3 saturated carbocycles. The monoisotopic (exact) mass is 625 g/mol. The van der Waals surface area contributed by atoms with Crippen LogP contribution in [-0.4, -0.2) is 47.8 Å². The highest BCUT2D eigenvalue weighted by molar-refractivity contribution is 7.18. The van der Waals surface area contributed by atoms with Gasteiger partial charge in [0.2, 0.25) is 0 Å². The molecule has 8 rings (SSSR count). The molecule has 4 aliphatic rings. The molecular weight excluding hydrogens is 596 g/mol. The molecule has 218 valence electrons. The van der Waals surface area contributed by atoms with Crippen LogP contribution in [0.25, 0.3) is 21.5 Å². The number of halogens is 3. The van der Waals surface area contributed by atoms with Crippen molar-refractivity contribution in [2.75, 3.05) is 26.7 Å². The first-order chi connectivity index (χ1) is 20.3. The van der Waals surface area contributed by atoms with Gasteiger partial charge in [0, 0.05) is 42.1 Å². The Balaban J connectivity index is 1.02. The molecule has 0 radical (unpaired) electrons. The largest absolute Gasteiger partial charge is 0.465 e. The number of likely N-dealkylation sites (tertiary alicyclic amines) is 1. The van der Waals surface area contributed by atoms with E-state index in [4.69, 9.17) is 37.4 Å². The second kappa shape index (κ2) is 10.0. The zero-order valence-electron chi connectivity index (χ0n) is 23.2. The van der Waals surface area contributed by atoms with Gasteiger partial charge in [-0.1, -0.05) is 34.4 Å². The fraction of sp³-hybridized carbons (Fsp3) is 0.469. The van der Waals surface area contributed by atoms with E-state index in [-0.39, 0.29) is 11.0 Å². The maximum atomic E-state index is 14.9. The van der Waals surface area contributed by atoms with Crippen molar-refractivity contribution in [3.8, 4) is 11.3 Å². The van der Waals surface area contributed by atoms with Crippen molar-refractivity contribution in [3.05, 3.63) is 68.1 Å². The van der Waals surface area contributed by atoms with E-state index in [0.717, 1.165) is 84.0 Å². The average molecular weight is 627 g/mol. The zero-order valence-corrected chi connectivity index (χ0v) is 25.5. The molecule has 1 aliphatic heterocycles. The van der Waals surface area contributed by atoms with Crippen LogP contribution in [0.2, 0.25) is 10.0 Å². The number of ether oxygens (including phenoxy) is 1. The zero-order chi connectivity index (χ0) is 28.7. The maximum Gasteiger partial charge on any atom is 0.338 e. The van der Waals surface area contributed by atoms with E-state index in [1.165, 1.54) is 19.6 Å². The molecule has 4 unspecified atom stereocenters. The summed E-state index contributed by atoms with van der Waals surface area (Å²) in [7, 11) is 1.31. The van der Waals surface area contributed by atoms with Gasteiger partial charge in [0.05, 0.1) is 27.4 Å². The van der Waals surface area contributed by atoms with Crippen molar-refractivity contribution in [2.24, 2.45) is 17.8 Å². The molecule has 2 aromatic heterocycles. The Hall–Kier alpha value is -2.52. The first kappa shape index (κ1) is 27.1. The number of carbonyl (C=O) groups excluding carboxylic acids is 1. The van der Waals surface area contributed by atoms with Gasteiger partial charge in [-0.25, -0.2) is 14.2 Å². The molecule has 6 nitrogen and oxygen atoms in total. The van der Waals surface area contributed by atoms with Gasteiger partial charge in [0.1, 0.15) is 22.0 Å². The lowest BCUT2D eigenvalue weighted by Gasteiger charge is -2.52. The predicted octanol–water partition coefficient (Wildman–Crippen LogP) is 7.90. The first-order valence-corrected chi connectivity index (χ1v) is 16.3. The Morgan fingerprint density at radius 1 is 1.21 bits per heavy atom. The number of hydrogen-bond acceptors (Lipinski definition) is 7. The van der Waals surface area contributed by atoms with Crippen LogP contribution in [-0.2, 0) is 16.6 Å². The van der Waals surface area contributed by atoms with Gasteiger partial charge in [-0.2, -0.15) is 0 Å². The molecule has 42 heavy (non-hydrogen) atoms. The van der Waals surface area contributed by atoms with Crippen LogP contribution in [0.4, 0.5) is 4.39 Å². The SMILES string of the molecule is COC(=O)c1cc(F)c2nc(C34CC5CC3C(CN(CCc3c(-c6c(Cl)cccc6Cl)noc3C3CC3)C5)C4)sc2c1. The standard InChI is InChI=1S/C32H30Cl2FN3O3S/c1-40-30(39)18-10-24(35)28-25(11-18)42-31(36-28)32-12-16-9-21(32)19(13-32)15-38(14-16)8-7-20-27(37-41-29(20)17-5-6-17)26-22(33)3-2-4-23(26)34/h2-4,10-11,16-17,19,21H,5-9,12-15H2,1H3. The summed E-state index contributed by atoms with van der Waals surface area (Å²) >= 11 is 14.7. The van der Waals surface area contributed by atoms with Crippen molar-refractivity contribution in [2.45, 2.75) is 49.9 Å². The van der Waals surface area contributed by atoms with Crippen molar-refractivity contribution < 1.29 is 18.4 Å². The van der Waals surface area contributed by atoms with Crippen molar-refractivity contribution in [3.63, 3.8) is 0 Å². The summed E-state index contributed by atoms with van der Waals surface area (Å²) in [6.45, 7) is 3.04. The summed E-state index contributed by atoms with van der Waals surface area (Å²) in [4.78, 5) is 19.5. The van der Waals surface area contributed by atoms with E-state index in [0.29, 0.717) is 39.2 Å². The van der Waals surface area contributed by atoms with Crippen molar-refractivity contribution >= 4 is 50.7 Å². The molecule has 2 aromatic carbocycles. The summed E-state index contributed by atoms with van der Waals surface area (Å²) in [5.74, 6) is 2.19. The molecule has 4 atom stereocenters. The minimum absolute atomic E-state index is 0.0323. The van der Waals surface area contributed by atoms with Crippen LogP contribution >= 0.6 is 34.5 Å². The second-order valence-corrected chi connectivity index (χ2v) is 14.4. The van der Waals surface area contributed by atoms with Crippen LogP contribution in [0.3, 0.4) is 0 Å². The lowest BCUT2D eigenvalue weighted by Crippen LogP contribution is -2.53. The highest BCUT2D eigenvalue weighted by Gasteiger charge is 2.62. The van der Waals surface area contributed by atoms with E-state index in [1.807, 2.05) is 18.2 Å². The number of rotatable bonds is 7. The van der Waals surface area contributed by atoms with Gasteiger partial charge in [-0.05, 0) is 80.5 Å². The molecule has 0 amide bonds. The van der Waals surface area contributed by atoms with Gasteiger partial charge in [0.25, 0.3) is 0 Å². The normalized spacial score (nSPS) is 26.8. The fourth-order valence-electron chi connectivity index (χ4n) is 8.14. The van der Waals surface area contributed by atoms with Crippen LogP contribution < -0.4 is 0 Å². The third-order valence-electron chi connectivity index (χ3n) is 10.1. The van der Waals surface area contributed by atoms with Crippen LogP contribution in [0.15, 0.2) is 34.9 Å². The molecule has 0 N–H and O–H groups in total. The van der Waals surface area contributed by atoms with Gasteiger partial charge < -0.3 is 14.2 Å². The van der Waals surface area contributed by atoms with E-state index in [1.54, 1.807) is 17.4 Å². The predicted molar refractivity (Wildman–Crippen MR) is 161 cm³/mol. The Morgan fingerprint density at radius 3 is 2.79 bits per heavy atom. The van der Waals surface area contributed by atoms with Crippen LogP contribution in [0.1, 0.15) is 64.7 Å². The number of esters is 1. The number of aromatic nitrogens is 2. The van der Waals surface area contributed by atoms with Gasteiger partial charge in [-0.15, -0.1) is 11.3 Å². The fourth-order valence-corrected chi connectivity index (χ4v) is 10.0. The van der Waals surface area contributed by atoms with Crippen LogP contribution in [0.5, 0.6) is 0 Å². The van der Waals surface area contributed by atoms with E-state index < -0.39 is 11.8 Å². The van der Waals surface area contributed by atoms with E-state index in [9.17, 15) is 9.18 Å². The van der Waals surface area contributed by atoms with Crippen molar-refractivity contribution in [1.29, 1.82) is 0 Å². The summed E-state index contributed by atoms with van der Waals surface area (Å²) in [5.41, 5.74) is 3.33. The van der Waals surface area contributed by atoms with Gasteiger partial charge in [0.15, 0.2) is 5.82 Å². The van der Waals surface area contributed by atoms with Crippen LogP contribution in [0, 0.1) is 23.6 Å². The quantitative estimate of drug-likeness (QED) is 0.194. The molecule has 4 aromatic rings. The lowest BCUT2D eigenvalue weighted by molar-refractivity contribution is 0.0251. The third kappa shape index (κ3) is 4.24. The van der Waals surface area contributed by atoms with Gasteiger partial charge >= 0.3 is 5.97 Å². The molecule has 4 fully saturated rings. The van der Waals surface area contributed by atoms with E-state index in [2.05, 4.69) is 10.1 Å². The Kier molecular flexibility index (Phi) is 6.45. The molecular formula is C32H30Cl2FN3O3S. The third-order valence-corrected chi connectivity index (χ3v) is 11.9. The number of nitrogens with zero attached hydrogens (tertiary/aromatic N) is 3. The average Bonchev–Trinajstić information content (AvgIpc) is 3.49. The topological polar surface area (TPSA) is 68.5 Å². The summed E-state index contributed by atoms with van der Waals surface area (Å²) in [6.07, 6.45) is 6.47. The molecule has 3 heterocycles. The van der Waals surface area contributed by atoms with E-state index >= 15 is 0 Å². The Bertz CT molecular complexity index is 1710. The molecule has 2 bridgehead atoms. The number of benzene rings is 2. The Labute approximate surface area is 257 Å². The molecule has 10 heteroatoms. The molecule has 0 spiro atoms. The molecule has 3 aliphatic carbocycles. The first-order valence-electron chi connectivity index (χ1n) is 14.7. The number of thiazole rings is 1. The Morgan fingerprint density at radius 2 is 2.02 bits per heavy atom. The van der Waals surface area contributed by atoms with Crippen molar-refractivity contribution in [1.82, 2.24) is 15.0 Å². The number of fused-ring (bicyclic) bond motifs is 2. The highest BCUT2D eigenvalue weighted by Crippen LogP contribution is 2.65. The number of methoxy groups -OCH3 is 1. The maximum absolute atomic E-state index is 14.9. The summed E-state index contributed by atoms with van der Waals surface area (Å²) in [5, 5.41) is 6.70. The summed E-state index contributed by atoms with van der Waals surface area (Å²) < 4.78 is 26.4. The molecule has 1 saturated heterocycles. The second-order valence-electron chi connectivity index (χ2n) is 12.6. The smallest absolute Gasteiger partial charge is 0.338 e. The lowest BCUT2D eigenvalue weighted by atomic mass is 9.55. The summed E-state index contributed by atoms with van der Waals surface area (Å²) in [6, 6.07) is 8.52. The minimum Gasteiger partial charge on any atom is -0.465 e. The minimum atomic E-state index is -0.529. The highest BCUT2D eigenvalue weighted by atomic mass is 35.5. The number of hydrogen-bond donors (Lipinski definition) is 0.